The van der Waals surface area contributed by atoms with Crippen molar-refractivity contribution in [2.75, 3.05) is 6.79 Å². The molecular formula is C17H11NO8. The minimum atomic E-state index is -1.53. The molecule has 0 unspecified atom stereocenters. The average molecular weight is 357 g/mol. The van der Waals surface area contributed by atoms with E-state index in [1.54, 1.807) is 0 Å². The van der Waals surface area contributed by atoms with Crippen molar-refractivity contribution in [2.45, 2.75) is 0 Å². The van der Waals surface area contributed by atoms with Gasteiger partial charge in [-0.25, -0.2) is 9.59 Å². The molecular weight excluding hydrogens is 346 g/mol. The van der Waals surface area contributed by atoms with E-state index >= 15 is 0 Å². The molecule has 0 saturated heterocycles. The highest BCUT2D eigenvalue weighted by atomic mass is 16.7. The van der Waals surface area contributed by atoms with Gasteiger partial charge in [0.2, 0.25) is 6.79 Å². The summed E-state index contributed by atoms with van der Waals surface area (Å²) in [6.45, 7) is -0.0262. The normalized spacial score (nSPS) is 13.1. The first-order valence-corrected chi connectivity index (χ1v) is 7.24. The number of hydrogen-bond donors (Lipinski definition) is 2. The van der Waals surface area contributed by atoms with Crippen LogP contribution >= 0.6 is 0 Å². The summed E-state index contributed by atoms with van der Waals surface area (Å²) in [6.07, 6.45) is 0. The standard InChI is InChI=1S/C17H11NO8/c19-16(20)14(9-2-1-3-11(6-9)18(23)24)15(17(21)22)10-4-5-12-13(7-10)26-8-25-12/h1-7H,8H2,(H,19,20)(H,21,22). The second-order valence-corrected chi connectivity index (χ2v) is 5.24. The number of fused-ring (bicyclic) bond motifs is 1. The largest absolute Gasteiger partial charge is 0.478 e. The molecule has 0 atom stereocenters. The lowest BCUT2D eigenvalue weighted by atomic mass is 9.94. The topological polar surface area (TPSA) is 136 Å². The van der Waals surface area contributed by atoms with E-state index in [9.17, 15) is 29.9 Å². The van der Waals surface area contributed by atoms with Crippen molar-refractivity contribution in [2.24, 2.45) is 0 Å². The van der Waals surface area contributed by atoms with Crippen LogP contribution in [-0.4, -0.2) is 33.9 Å². The SMILES string of the molecule is O=C(O)C(=C(C(=O)O)c1ccc2c(c1)OCO2)c1cccc([N+](=O)[O-])c1. The summed E-state index contributed by atoms with van der Waals surface area (Å²) in [5, 5.41) is 30.1. The predicted molar refractivity (Wildman–Crippen MR) is 87.7 cm³/mol. The van der Waals surface area contributed by atoms with E-state index in [2.05, 4.69) is 0 Å². The fourth-order valence-electron chi connectivity index (χ4n) is 2.58. The van der Waals surface area contributed by atoms with E-state index in [-0.39, 0.29) is 29.4 Å². The molecule has 1 heterocycles. The number of benzene rings is 2. The summed E-state index contributed by atoms with van der Waals surface area (Å²) < 4.78 is 10.3. The van der Waals surface area contributed by atoms with Gasteiger partial charge in [0.05, 0.1) is 16.1 Å². The van der Waals surface area contributed by atoms with Gasteiger partial charge >= 0.3 is 11.9 Å². The van der Waals surface area contributed by atoms with Gasteiger partial charge in [0.1, 0.15) is 0 Å². The predicted octanol–water partition coefficient (Wildman–Crippen LogP) is 2.40. The van der Waals surface area contributed by atoms with Crippen LogP contribution in [0.1, 0.15) is 11.1 Å². The number of nitro benzene ring substituents is 1. The van der Waals surface area contributed by atoms with E-state index in [1.807, 2.05) is 0 Å². The molecule has 2 N–H and O–H groups in total. The number of aliphatic carboxylic acids is 2. The minimum absolute atomic E-state index is 0.0262. The van der Waals surface area contributed by atoms with Crippen LogP contribution in [0.5, 0.6) is 11.5 Å². The molecule has 3 rings (SSSR count). The number of carboxylic acids is 2. The molecule has 0 radical (unpaired) electrons. The number of nitrogens with zero attached hydrogens (tertiary/aromatic N) is 1. The summed E-state index contributed by atoms with van der Waals surface area (Å²) in [4.78, 5) is 33.9. The first-order chi connectivity index (χ1) is 12.4. The van der Waals surface area contributed by atoms with Crippen LogP contribution in [0.4, 0.5) is 5.69 Å². The van der Waals surface area contributed by atoms with Gasteiger partial charge in [0, 0.05) is 12.1 Å². The molecule has 26 heavy (non-hydrogen) atoms. The molecule has 132 valence electrons. The number of ether oxygens (including phenoxy) is 2. The lowest BCUT2D eigenvalue weighted by molar-refractivity contribution is -0.384. The van der Waals surface area contributed by atoms with Crippen molar-refractivity contribution < 1.29 is 34.2 Å². The molecule has 2 aromatic rings. The van der Waals surface area contributed by atoms with E-state index in [0.717, 1.165) is 6.07 Å². The van der Waals surface area contributed by atoms with Crippen LogP contribution in [0, 0.1) is 10.1 Å². The highest BCUT2D eigenvalue weighted by molar-refractivity contribution is 6.36. The van der Waals surface area contributed by atoms with Gasteiger partial charge in [-0.05, 0) is 23.3 Å². The van der Waals surface area contributed by atoms with Crippen LogP contribution in [0.3, 0.4) is 0 Å². The number of nitro groups is 1. The van der Waals surface area contributed by atoms with Gasteiger partial charge in [-0.2, -0.15) is 0 Å². The van der Waals surface area contributed by atoms with E-state index in [4.69, 9.17) is 9.47 Å². The maximum absolute atomic E-state index is 11.8. The zero-order valence-corrected chi connectivity index (χ0v) is 13.0. The smallest absolute Gasteiger partial charge is 0.337 e. The van der Waals surface area contributed by atoms with Crippen LogP contribution in [-0.2, 0) is 9.59 Å². The van der Waals surface area contributed by atoms with Gasteiger partial charge < -0.3 is 19.7 Å². The molecule has 2 aromatic carbocycles. The van der Waals surface area contributed by atoms with Crippen molar-refractivity contribution >= 4 is 28.8 Å². The lowest BCUT2D eigenvalue weighted by Gasteiger charge is -2.10. The molecule has 9 nitrogen and oxygen atoms in total. The fourth-order valence-corrected chi connectivity index (χ4v) is 2.58. The Hall–Kier alpha value is -3.88. The second-order valence-electron chi connectivity index (χ2n) is 5.24. The Morgan fingerprint density at radius 1 is 0.923 bits per heavy atom. The number of hydrogen-bond acceptors (Lipinski definition) is 6. The van der Waals surface area contributed by atoms with E-state index in [1.165, 1.54) is 36.4 Å². The third-order valence-electron chi connectivity index (χ3n) is 3.68. The Balaban J connectivity index is 2.25. The number of carboxylic acid groups (broad SMARTS) is 2. The summed E-state index contributed by atoms with van der Waals surface area (Å²) in [6, 6.07) is 8.99. The third-order valence-corrected chi connectivity index (χ3v) is 3.68. The molecule has 0 aromatic heterocycles. The third kappa shape index (κ3) is 3.05. The maximum Gasteiger partial charge on any atom is 0.337 e. The Kier molecular flexibility index (Phi) is 4.27. The van der Waals surface area contributed by atoms with E-state index < -0.39 is 28.0 Å². The quantitative estimate of drug-likeness (QED) is 0.360. The Morgan fingerprint density at radius 3 is 2.15 bits per heavy atom. The van der Waals surface area contributed by atoms with Crippen LogP contribution < -0.4 is 9.47 Å². The molecule has 0 saturated carbocycles. The monoisotopic (exact) mass is 357 g/mol. The Morgan fingerprint density at radius 2 is 1.54 bits per heavy atom. The highest BCUT2D eigenvalue weighted by Crippen LogP contribution is 2.37. The molecule has 0 spiro atoms. The van der Waals surface area contributed by atoms with Gasteiger partial charge in [-0.1, -0.05) is 18.2 Å². The average Bonchev–Trinajstić information content (AvgIpc) is 3.06. The molecule has 0 fully saturated rings. The zero-order chi connectivity index (χ0) is 18.8. The van der Waals surface area contributed by atoms with Crippen LogP contribution in [0.2, 0.25) is 0 Å². The van der Waals surface area contributed by atoms with E-state index in [0.29, 0.717) is 5.75 Å². The van der Waals surface area contributed by atoms with Crippen molar-refractivity contribution in [3.8, 4) is 11.5 Å². The van der Waals surface area contributed by atoms with Crippen molar-refractivity contribution in [3.63, 3.8) is 0 Å². The van der Waals surface area contributed by atoms with Crippen molar-refractivity contribution in [3.05, 3.63) is 63.7 Å². The number of non-ortho nitro benzene ring substituents is 1. The highest BCUT2D eigenvalue weighted by Gasteiger charge is 2.26. The molecule has 0 amide bonds. The second kappa shape index (κ2) is 6.55. The van der Waals surface area contributed by atoms with Crippen molar-refractivity contribution in [1.29, 1.82) is 0 Å². The molecule has 9 heteroatoms. The van der Waals surface area contributed by atoms with Crippen LogP contribution in [0.15, 0.2) is 42.5 Å². The molecule has 0 bridgehead atoms. The first-order valence-electron chi connectivity index (χ1n) is 7.24. The first kappa shape index (κ1) is 17.0. The maximum atomic E-state index is 11.8. The molecule has 1 aliphatic rings. The van der Waals surface area contributed by atoms with Gasteiger partial charge in [0.15, 0.2) is 11.5 Å². The summed E-state index contributed by atoms with van der Waals surface area (Å²) >= 11 is 0. The van der Waals surface area contributed by atoms with Crippen molar-refractivity contribution in [1.82, 2.24) is 0 Å². The number of carbonyl (C=O) groups is 2. The summed E-state index contributed by atoms with van der Waals surface area (Å²) in [5.74, 6) is -2.33. The minimum Gasteiger partial charge on any atom is -0.478 e. The van der Waals surface area contributed by atoms with Gasteiger partial charge in [-0.15, -0.1) is 0 Å². The zero-order valence-electron chi connectivity index (χ0n) is 13.0. The van der Waals surface area contributed by atoms with Gasteiger partial charge in [-0.3, -0.25) is 10.1 Å². The molecule has 1 aliphatic heterocycles. The Bertz CT molecular complexity index is 963. The lowest BCUT2D eigenvalue weighted by Crippen LogP contribution is -2.10. The summed E-state index contributed by atoms with van der Waals surface area (Å²) in [7, 11) is 0. The Labute approximate surface area is 145 Å². The number of rotatable bonds is 5. The fraction of sp³-hybridized carbons (Fsp3) is 0.0588. The van der Waals surface area contributed by atoms with Crippen LogP contribution in [0.25, 0.3) is 11.1 Å². The van der Waals surface area contributed by atoms with Gasteiger partial charge in [0.25, 0.3) is 5.69 Å². The summed E-state index contributed by atoms with van der Waals surface area (Å²) in [5.41, 5.74) is -1.46. The molecule has 0 aliphatic carbocycles.